The van der Waals surface area contributed by atoms with E-state index in [1.165, 1.54) is 5.56 Å². The van der Waals surface area contributed by atoms with Crippen molar-refractivity contribution in [2.24, 2.45) is 0 Å². The summed E-state index contributed by atoms with van der Waals surface area (Å²) in [4.78, 5) is 18.3. The zero-order valence-corrected chi connectivity index (χ0v) is 8.51. The molecule has 1 N–H and O–H groups in total. The van der Waals surface area contributed by atoms with Crippen LogP contribution in [-0.2, 0) is 0 Å². The molecule has 0 saturated heterocycles. The van der Waals surface area contributed by atoms with Crippen molar-refractivity contribution in [2.45, 2.75) is 20.8 Å². The predicted octanol–water partition coefficient (Wildman–Crippen LogP) is 1.85. The van der Waals surface area contributed by atoms with Gasteiger partial charge in [0.2, 0.25) is 0 Å². The van der Waals surface area contributed by atoms with Crippen LogP contribution in [-0.4, -0.2) is 9.97 Å². The molecule has 0 amide bonds. The molecule has 0 atom stereocenters. The molecule has 2 rings (SSSR count). The molecule has 0 fully saturated rings. The molecule has 0 radical (unpaired) electrons. The van der Waals surface area contributed by atoms with Crippen LogP contribution in [0.4, 0.5) is 0 Å². The van der Waals surface area contributed by atoms with E-state index in [9.17, 15) is 4.79 Å². The lowest BCUT2D eigenvalue weighted by Gasteiger charge is -2.04. The number of aromatic amines is 1. The highest BCUT2D eigenvalue weighted by atomic mass is 16.1. The van der Waals surface area contributed by atoms with Gasteiger partial charge in [0.15, 0.2) is 0 Å². The molecule has 3 heteroatoms. The van der Waals surface area contributed by atoms with E-state index in [1.54, 1.807) is 13.1 Å². The van der Waals surface area contributed by atoms with Gasteiger partial charge >= 0.3 is 0 Å². The van der Waals surface area contributed by atoms with Crippen LogP contribution in [0.15, 0.2) is 17.1 Å². The minimum absolute atomic E-state index is 0.0618. The molecular formula is C11H12N2O. The van der Waals surface area contributed by atoms with E-state index in [2.05, 4.69) is 9.97 Å². The van der Waals surface area contributed by atoms with E-state index in [-0.39, 0.29) is 5.56 Å². The second kappa shape index (κ2) is 2.94. The summed E-state index contributed by atoms with van der Waals surface area (Å²) in [5.74, 6) is 0. The van der Waals surface area contributed by atoms with E-state index in [4.69, 9.17) is 0 Å². The molecule has 72 valence electrons. The smallest absolute Gasteiger partial charge is 0.252 e. The minimum Gasteiger partial charge on any atom is -0.306 e. The summed E-state index contributed by atoms with van der Waals surface area (Å²) in [6.07, 6.45) is 1.78. The van der Waals surface area contributed by atoms with Crippen molar-refractivity contribution in [1.29, 1.82) is 0 Å². The Hall–Kier alpha value is -1.64. The van der Waals surface area contributed by atoms with Crippen molar-refractivity contribution < 1.29 is 0 Å². The van der Waals surface area contributed by atoms with Crippen molar-refractivity contribution in [1.82, 2.24) is 9.97 Å². The van der Waals surface area contributed by atoms with Crippen molar-refractivity contribution in [3.8, 4) is 0 Å². The molecule has 0 aromatic carbocycles. The lowest BCUT2D eigenvalue weighted by atomic mass is 10.1. The number of aryl methyl sites for hydroxylation is 3. The maximum absolute atomic E-state index is 11.3. The summed E-state index contributed by atoms with van der Waals surface area (Å²) in [6.45, 7) is 5.86. The van der Waals surface area contributed by atoms with Gasteiger partial charge in [-0.25, -0.2) is 4.98 Å². The van der Waals surface area contributed by atoms with Crippen LogP contribution in [0.3, 0.4) is 0 Å². The molecule has 2 aromatic heterocycles. The average molecular weight is 188 g/mol. The quantitative estimate of drug-likeness (QED) is 0.685. The first-order chi connectivity index (χ1) is 6.59. The van der Waals surface area contributed by atoms with Gasteiger partial charge < -0.3 is 4.98 Å². The largest absolute Gasteiger partial charge is 0.306 e. The van der Waals surface area contributed by atoms with Crippen molar-refractivity contribution >= 4 is 11.0 Å². The topological polar surface area (TPSA) is 45.8 Å². The summed E-state index contributed by atoms with van der Waals surface area (Å²) in [6, 6.07) is 1.89. The third-order valence-corrected chi connectivity index (χ3v) is 2.59. The Labute approximate surface area is 81.8 Å². The van der Waals surface area contributed by atoms with Crippen LogP contribution < -0.4 is 5.56 Å². The predicted molar refractivity (Wildman–Crippen MR) is 56.6 cm³/mol. The van der Waals surface area contributed by atoms with Crippen LogP contribution in [0.5, 0.6) is 0 Å². The number of fused-ring (bicyclic) bond motifs is 1. The van der Waals surface area contributed by atoms with Gasteiger partial charge in [-0.1, -0.05) is 0 Å². The molecule has 0 unspecified atom stereocenters. The standard InChI is InChI=1S/C11H12N2O/c1-6-4-9-8(3)7(2)5-12-10(9)13-11(6)14/h4-5H,1-3H3,(H,12,13,14). The Bertz CT molecular complexity index is 555. The van der Waals surface area contributed by atoms with Gasteiger partial charge in [-0.05, 0) is 38.0 Å². The number of hydrogen-bond donors (Lipinski definition) is 1. The first-order valence-corrected chi connectivity index (χ1v) is 4.55. The fraction of sp³-hybridized carbons (Fsp3) is 0.273. The maximum Gasteiger partial charge on any atom is 0.252 e. The van der Waals surface area contributed by atoms with Crippen LogP contribution in [0, 0.1) is 20.8 Å². The van der Waals surface area contributed by atoms with Crippen molar-refractivity contribution in [3.63, 3.8) is 0 Å². The maximum atomic E-state index is 11.3. The zero-order valence-electron chi connectivity index (χ0n) is 8.51. The summed E-state index contributed by atoms with van der Waals surface area (Å²) in [5, 5.41) is 1.03. The highest BCUT2D eigenvalue weighted by Gasteiger charge is 2.03. The van der Waals surface area contributed by atoms with E-state index in [0.717, 1.165) is 16.5 Å². The van der Waals surface area contributed by atoms with Crippen molar-refractivity contribution in [2.75, 3.05) is 0 Å². The lowest BCUT2D eigenvalue weighted by Crippen LogP contribution is -2.10. The molecule has 0 bridgehead atoms. The molecule has 0 aliphatic carbocycles. The van der Waals surface area contributed by atoms with Gasteiger partial charge in [0, 0.05) is 17.1 Å². The Kier molecular flexibility index (Phi) is 1.88. The number of hydrogen-bond acceptors (Lipinski definition) is 2. The van der Waals surface area contributed by atoms with E-state index < -0.39 is 0 Å². The summed E-state index contributed by atoms with van der Waals surface area (Å²) < 4.78 is 0. The molecule has 0 aliphatic rings. The Balaban J connectivity index is 2.97. The van der Waals surface area contributed by atoms with Gasteiger partial charge in [-0.15, -0.1) is 0 Å². The second-order valence-corrected chi connectivity index (χ2v) is 3.61. The molecule has 0 spiro atoms. The average Bonchev–Trinajstić information content (AvgIpc) is 2.15. The van der Waals surface area contributed by atoms with Crippen LogP contribution in [0.2, 0.25) is 0 Å². The van der Waals surface area contributed by atoms with E-state index >= 15 is 0 Å². The van der Waals surface area contributed by atoms with E-state index in [0.29, 0.717) is 5.65 Å². The third-order valence-electron chi connectivity index (χ3n) is 2.59. The number of H-pyrrole nitrogens is 1. The summed E-state index contributed by atoms with van der Waals surface area (Å²) in [5.41, 5.74) is 3.66. The normalized spacial score (nSPS) is 10.8. The van der Waals surface area contributed by atoms with Crippen LogP contribution in [0.1, 0.15) is 16.7 Å². The second-order valence-electron chi connectivity index (χ2n) is 3.61. The number of aromatic nitrogens is 2. The SMILES string of the molecule is Cc1cnc2[nH]c(=O)c(C)cc2c1C. The molecular weight excluding hydrogens is 176 g/mol. The molecule has 2 heterocycles. The summed E-state index contributed by atoms with van der Waals surface area (Å²) >= 11 is 0. The van der Waals surface area contributed by atoms with Crippen molar-refractivity contribution in [3.05, 3.63) is 39.3 Å². The Morgan fingerprint density at radius 3 is 2.64 bits per heavy atom. The molecule has 0 aliphatic heterocycles. The fourth-order valence-corrected chi connectivity index (χ4v) is 1.48. The fourth-order valence-electron chi connectivity index (χ4n) is 1.48. The van der Waals surface area contributed by atoms with Gasteiger partial charge in [0.1, 0.15) is 5.65 Å². The van der Waals surface area contributed by atoms with E-state index in [1.807, 2.05) is 19.9 Å². The van der Waals surface area contributed by atoms with Gasteiger partial charge in [-0.2, -0.15) is 0 Å². The lowest BCUT2D eigenvalue weighted by molar-refractivity contribution is 1.16. The molecule has 3 nitrogen and oxygen atoms in total. The third kappa shape index (κ3) is 1.21. The Morgan fingerprint density at radius 1 is 1.21 bits per heavy atom. The van der Waals surface area contributed by atoms with Crippen LogP contribution in [0.25, 0.3) is 11.0 Å². The number of pyridine rings is 2. The molecule has 2 aromatic rings. The molecule has 14 heavy (non-hydrogen) atoms. The summed E-state index contributed by atoms with van der Waals surface area (Å²) in [7, 11) is 0. The monoisotopic (exact) mass is 188 g/mol. The number of nitrogens with zero attached hydrogens (tertiary/aromatic N) is 1. The minimum atomic E-state index is -0.0618. The number of nitrogens with one attached hydrogen (secondary N) is 1. The Morgan fingerprint density at radius 2 is 1.93 bits per heavy atom. The van der Waals surface area contributed by atoms with Crippen LogP contribution >= 0.6 is 0 Å². The highest BCUT2D eigenvalue weighted by molar-refractivity contribution is 5.79. The first kappa shape index (κ1) is 8.94. The van der Waals surface area contributed by atoms with Gasteiger partial charge in [0.05, 0.1) is 0 Å². The van der Waals surface area contributed by atoms with Gasteiger partial charge in [0.25, 0.3) is 5.56 Å². The van der Waals surface area contributed by atoms with Gasteiger partial charge in [-0.3, -0.25) is 4.79 Å². The first-order valence-electron chi connectivity index (χ1n) is 4.55. The number of rotatable bonds is 0. The highest BCUT2D eigenvalue weighted by Crippen LogP contribution is 2.16. The zero-order chi connectivity index (χ0) is 10.3. The molecule has 0 saturated carbocycles.